The van der Waals surface area contributed by atoms with Crippen LogP contribution in [0.3, 0.4) is 0 Å². The molecule has 0 saturated carbocycles. The van der Waals surface area contributed by atoms with Crippen LogP contribution in [0.1, 0.15) is 5.56 Å². The Balaban J connectivity index is 2.04. The lowest BCUT2D eigenvalue weighted by Crippen LogP contribution is -2.16. The number of nitrogens with zero attached hydrogens (tertiary/aromatic N) is 3. The quantitative estimate of drug-likeness (QED) is 0.727. The summed E-state index contributed by atoms with van der Waals surface area (Å²) in [6.07, 6.45) is 1.25. The molecule has 3 rings (SSSR count). The van der Waals surface area contributed by atoms with Gasteiger partial charge in [-0.3, -0.25) is 4.72 Å². The second-order valence-corrected chi connectivity index (χ2v) is 6.85. The largest absolute Gasteiger partial charge is 0.382 e. The Bertz CT molecular complexity index is 1140. The molecule has 0 atom stereocenters. The highest BCUT2D eigenvalue weighted by Gasteiger charge is 2.20. The molecular formula is C16H11F2N5O2S. The molecule has 0 aliphatic heterocycles. The van der Waals surface area contributed by atoms with Crippen molar-refractivity contribution in [3.05, 3.63) is 65.9 Å². The first-order chi connectivity index (χ1) is 12.3. The monoisotopic (exact) mass is 375 g/mol. The van der Waals surface area contributed by atoms with Crippen molar-refractivity contribution in [1.82, 2.24) is 9.78 Å². The van der Waals surface area contributed by atoms with Gasteiger partial charge in [0.15, 0.2) is 11.6 Å². The molecule has 3 N–H and O–H groups in total. The fourth-order valence-electron chi connectivity index (χ4n) is 2.23. The van der Waals surface area contributed by atoms with Crippen molar-refractivity contribution in [3.8, 4) is 11.8 Å². The van der Waals surface area contributed by atoms with E-state index in [2.05, 4.69) is 9.82 Å². The van der Waals surface area contributed by atoms with Crippen molar-refractivity contribution in [2.45, 2.75) is 4.90 Å². The molecule has 0 radical (unpaired) electrons. The van der Waals surface area contributed by atoms with Gasteiger partial charge in [0.1, 0.15) is 17.5 Å². The third-order valence-electron chi connectivity index (χ3n) is 3.50. The second-order valence-electron chi connectivity index (χ2n) is 5.17. The van der Waals surface area contributed by atoms with Crippen LogP contribution < -0.4 is 10.5 Å². The molecule has 1 heterocycles. The minimum atomic E-state index is -4.20. The molecule has 0 unspecified atom stereocenters. The SMILES string of the molecule is N#Cc1cnn(-c2ccccc2NS(=O)(=O)c2ccc(F)c(F)c2)c1N. The molecule has 0 aliphatic carbocycles. The van der Waals surface area contributed by atoms with Crippen molar-refractivity contribution in [1.29, 1.82) is 5.26 Å². The van der Waals surface area contributed by atoms with Crippen molar-refractivity contribution in [2.24, 2.45) is 0 Å². The number of para-hydroxylation sites is 2. The van der Waals surface area contributed by atoms with E-state index in [-0.39, 0.29) is 22.8 Å². The molecule has 2 aromatic carbocycles. The van der Waals surface area contributed by atoms with E-state index in [1.54, 1.807) is 12.1 Å². The third-order valence-corrected chi connectivity index (χ3v) is 4.87. The lowest BCUT2D eigenvalue weighted by molar-refractivity contribution is 0.504. The number of halogens is 2. The Morgan fingerprint density at radius 1 is 1.15 bits per heavy atom. The molecule has 0 fully saturated rings. The van der Waals surface area contributed by atoms with E-state index in [1.165, 1.54) is 23.0 Å². The zero-order chi connectivity index (χ0) is 18.9. The minimum absolute atomic E-state index is 0.0342. The average molecular weight is 375 g/mol. The van der Waals surface area contributed by atoms with Crippen LogP contribution in [-0.2, 0) is 10.0 Å². The number of nitrogens with one attached hydrogen (secondary N) is 1. The summed E-state index contributed by atoms with van der Waals surface area (Å²) in [4.78, 5) is -0.447. The Morgan fingerprint density at radius 3 is 2.54 bits per heavy atom. The van der Waals surface area contributed by atoms with Crippen LogP contribution in [0.5, 0.6) is 0 Å². The molecule has 1 aromatic heterocycles. The molecule has 132 valence electrons. The number of nitriles is 1. The van der Waals surface area contributed by atoms with E-state index in [4.69, 9.17) is 11.0 Å². The van der Waals surface area contributed by atoms with Crippen LogP contribution in [0.2, 0.25) is 0 Å². The van der Waals surface area contributed by atoms with Crippen molar-refractivity contribution >= 4 is 21.5 Å². The van der Waals surface area contributed by atoms with E-state index in [0.717, 1.165) is 12.1 Å². The number of benzene rings is 2. The summed E-state index contributed by atoms with van der Waals surface area (Å²) in [6, 6.07) is 10.3. The first-order valence-electron chi connectivity index (χ1n) is 7.14. The maximum absolute atomic E-state index is 13.4. The number of anilines is 2. The van der Waals surface area contributed by atoms with E-state index in [9.17, 15) is 17.2 Å². The van der Waals surface area contributed by atoms with Crippen LogP contribution in [0.15, 0.2) is 53.6 Å². The minimum Gasteiger partial charge on any atom is -0.382 e. The van der Waals surface area contributed by atoms with Gasteiger partial charge >= 0.3 is 0 Å². The van der Waals surface area contributed by atoms with Gasteiger partial charge in [-0.1, -0.05) is 12.1 Å². The maximum Gasteiger partial charge on any atom is 0.262 e. The fraction of sp³-hybridized carbons (Fsp3) is 0. The number of aromatic nitrogens is 2. The van der Waals surface area contributed by atoms with Gasteiger partial charge in [-0.05, 0) is 30.3 Å². The fourth-order valence-corrected chi connectivity index (χ4v) is 3.31. The van der Waals surface area contributed by atoms with Gasteiger partial charge in [-0.15, -0.1) is 0 Å². The number of nitrogens with two attached hydrogens (primary N) is 1. The molecule has 3 aromatic rings. The van der Waals surface area contributed by atoms with Crippen LogP contribution in [0.4, 0.5) is 20.3 Å². The highest BCUT2D eigenvalue weighted by atomic mass is 32.2. The van der Waals surface area contributed by atoms with E-state index in [0.29, 0.717) is 6.07 Å². The predicted molar refractivity (Wildman–Crippen MR) is 89.9 cm³/mol. The number of sulfonamides is 1. The van der Waals surface area contributed by atoms with Crippen molar-refractivity contribution in [2.75, 3.05) is 10.5 Å². The molecule has 7 nitrogen and oxygen atoms in total. The zero-order valence-corrected chi connectivity index (χ0v) is 13.8. The van der Waals surface area contributed by atoms with Gasteiger partial charge in [0.25, 0.3) is 10.0 Å². The van der Waals surface area contributed by atoms with Crippen molar-refractivity contribution in [3.63, 3.8) is 0 Å². The highest BCUT2D eigenvalue weighted by Crippen LogP contribution is 2.26. The van der Waals surface area contributed by atoms with Gasteiger partial charge in [0.05, 0.1) is 22.5 Å². The van der Waals surface area contributed by atoms with E-state index < -0.39 is 26.6 Å². The van der Waals surface area contributed by atoms with Gasteiger partial charge in [0.2, 0.25) is 0 Å². The molecule has 0 aliphatic rings. The smallest absolute Gasteiger partial charge is 0.262 e. The molecular weight excluding hydrogens is 364 g/mol. The third kappa shape index (κ3) is 3.07. The zero-order valence-electron chi connectivity index (χ0n) is 13.0. The normalized spacial score (nSPS) is 11.1. The van der Waals surface area contributed by atoms with Gasteiger partial charge in [-0.2, -0.15) is 10.4 Å². The second kappa shape index (κ2) is 6.45. The van der Waals surface area contributed by atoms with Crippen LogP contribution >= 0.6 is 0 Å². The number of nitrogen functional groups attached to an aromatic ring is 1. The number of hydrogen-bond donors (Lipinski definition) is 2. The molecule has 0 saturated heterocycles. The van der Waals surface area contributed by atoms with Gasteiger partial charge in [0, 0.05) is 0 Å². The maximum atomic E-state index is 13.4. The topological polar surface area (TPSA) is 114 Å². The Morgan fingerprint density at radius 2 is 1.88 bits per heavy atom. The standard InChI is InChI=1S/C16H11F2N5O2S/c17-12-6-5-11(7-13(12)18)26(24,25)22-14-3-1-2-4-15(14)23-16(20)10(8-19)9-21-23/h1-7,9,22H,20H2. The number of rotatable bonds is 4. The molecule has 26 heavy (non-hydrogen) atoms. The van der Waals surface area contributed by atoms with E-state index in [1.807, 2.05) is 6.07 Å². The van der Waals surface area contributed by atoms with Crippen LogP contribution in [0.25, 0.3) is 5.69 Å². The molecule has 0 amide bonds. The summed E-state index contributed by atoms with van der Waals surface area (Å²) < 4.78 is 54.8. The summed E-state index contributed by atoms with van der Waals surface area (Å²) in [6.45, 7) is 0. The van der Waals surface area contributed by atoms with Gasteiger partial charge < -0.3 is 5.73 Å². The Kier molecular flexibility index (Phi) is 4.31. The van der Waals surface area contributed by atoms with Gasteiger partial charge in [-0.25, -0.2) is 21.9 Å². The highest BCUT2D eigenvalue weighted by molar-refractivity contribution is 7.92. The summed E-state index contributed by atoms with van der Waals surface area (Å²) in [7, 11) is -4.20. The predicted octanol–water partition coefficient (Wildman–Crippen LogP) is 2.41. The van der Waals surface area contributed by atoms with Crippen LogP contribution in [-0.4, -0.2) is 18.2 Å². The lowest BCUT2D eigenvalue weighted by atomic mass is 10.2. The van der Waals surface area contributed by atoms with E-state index >= 15 is 0 Å². The molecule has 0 spiro atoms. The van der Waals surface area contributed by atoms with Crippen molar-refractivity contribution < 1.29 is 17.2 Å². The average Bonchev–Trinajstić information content (AvgIpc) is 2.98. The molecule has 10 heteroatoms. The number of hydrogen-bond acceptors (Lipinski definition) is 5. The Hall–Kier alpha value is -3.45. The summed E-state index contributed by atoms with van der Waals surface area (Å²) in [5.41, 5.74) is 6.32. The summed E-state index contributed by atoms with van der Waals surface area (Å²) >= 11 is 0. The first kappa shape index (κ1) is 17.4. The summed E-state index contributed by atoms with van der Waals surface area (Å²) in [5.74, 6) is -2.40. The van der Waals surface area contributed by atoms with Crippen LogP contribution in [0, 0.1) is 23.0 Å². The Labute approximate surface area is 147 Å². The lowest BCUT2D eigenvalue weighted by Gasteiger charge is -2.13. The summed E-state index contributed by atoms with van der Waals surface area (Å²) in [5, 5.41) is 12.9. The molecule has 0 bridgehead atoms. The first-order valence-corrected chi connectivity index (χ1v) is 8.62.